The predicted octanol–water partition coefficient (Wildman–Crippen LogP) is 2.61. The third-order valence-corrected chi connectivity index (χ3v) is 3.92. The van der Waals surface area contributed by atoms with Gasteiger partial charge in [-0.2, -0.15) is 0 Å². The van der Waals surface area contributed by atoms with Crippen molar-refractivity contribution in [2.45, 2.75) is 6.92 Å². The normalized spacial score (nSPS) is 17.5. The number of hydrogen-bond acceptors (Lipinski definition) is 5. The van der Waals surface area contributed by atoms with E-state index in [0.717, 1.165) is 10.5 Å². The van der Waals surface area contributed by atoms with Crippen LogP contribution in [0.5, 0.6) is 5.75 Å². The maximum Gasteiger partial charge on any atom is 0.335 e. The van der Waals surface area contributed by atoms with Gasteiger partial charge in [-0.1, -0.05) is 23.8 Å². The fourth-order valence-electron chi connectivity index (χ4n) is 2.51. The molecular formula is C19H17N3O4. The molecule has 2 aromatic carbocycles. The van der Waals surface area contributed by atoms with Gasteiger partial charge >= 0.3 is 6.03 Å². The number of anilines is 1. The van der Waals surface area contributed by atoms with E-state index >= 15 is 0 Å². The van der Waals surface area contributed by atoms with Gasteiger partial charge in [-0.05, 0) is 31.2 Å². The van der Waals surface area contributed by atoms with Crippen LogP contribution < -0.4 is 15.0 Å². The number of ether oxygens (including phenoxy) is 1. The topological polar surface area (TPSA) is 88.1 Å². The second-order valence-corrected chi connectivity index (χ2v) is 5.76. The lowest BCUT2D eigenvalue weighted by Crippen LogP contribution is -2.58. The molecular weight excluding hydrogens is 334 g/mol. The van der Waals surface area contributed by atoms with E-state index in [1.165, 1.54) is 13.3 Å². The van der Waals surface area contributed by atoms with Gasteiger partial charge in [0.05, 0.1) is 18.5 Å². The molecule has 4 amide bonds. The summed E-state index contributed by atoms with van der Waals surface area (Å²) in [4.78, 5) is 42.1. The van der Waals surface area contributed by atoms with Gasteiger partial charge in [0.25, 0.3) is 5.91 Å². The zero-order valence-corrected chi connectivity index (χ0v) is 14.3. The molecule has 0 unspecified atom stereocenters. The van der Waals surface area contributed by atoms with Gasteiger partial charge in [0.1, 0.15) is 5.75 Å². The molecule has 0 aliphatic carbocycles. The number of nitrogens with one attached hydrogen (secondary N) is 1. The number of barbiturate groups is 1. The molecule has 26 heavy (non-hydrogen) atoms. The van der Waals surface area contributed by atoms with Crippen molar-refractivity contribution in [2.24, 2.45) is 10.9 Å². The van der Waals surface area contributed by atoms with Crippen molar-refractivity contribution < 1.29 is 19.1 Å². The number of nitrogens with zero attached hydrogens (tertiary/aromatic N) is 2. The molecule has 0 spiro atoms. The lowest BCUT2D eigenvalue weighted by Gasteiger charge is -2.28. The maximum absolute atomic E-state index is 12.7. The number of aryl methyl sites for hydroxylation is 1. The molecule has 1 aliphatic rings. The number of carbonyl (C=O) groups excluding carboxylic acids is 3. The summed E-state index contributed by atoms with van der Waals surface area (Å²) in [6, 6.07) is 13.0. The number of urea groups is 1. The Hall–Kier alpha value is -3.48. The number of imide groups is 2. The fourth-order valence-corrected chi connectivity index (χ4v) is 2.51. The summed E-state index contributed by atoms with van der Waals surface area (Å²) in [7, 11) is 1.48. The van der Waals surface area contributed by atoms with Gasteiger partial charge in [0.2, 0.25) is 5.91 Å². The Labute approximate surface area is 150 Å². The van der Waals surface area contributed by atoms with Crippen molar-refractivity contribution in [1.29, 1.82) is 0 Å². The Balaban J connectivity index is 1.88. The van der Waals surface area contributed by atoms with E-state index in [0.29, 0.717) is 17.1 Å². The van der Waals surface area contributed by atoms with E-state index in [4.69, 9.17) is 4.74 Å². The fraction of sp³-hybridized carbons (Fsp3) is 0.158. The standard InChI is InChI=1S/C19H17N3O4/c1-12-6-8-13(9-7-12)20-11-16-17(23)21-19(25)22(18(16)24)14-4-3-5-15(10-14)26-2/h3-11,16H,1-2H3,(H,21,23,25)/t16-/m1/s1. The number of methoxy groups -OCH3 is 1. The highest BCUT2D eigenvalue weighted by atomic mass is 16.5. The predicted molar refractivity (Wildman–Crippen MR) is 96.8 cm³/mol. The molecule has 7 heteroatoms. The Morgan fingerprint density at radius 1 is 1.12 bits per heavy atom. The van der Waals surface area contributed by atoms with E-state index in [1.54, 1.807) is 36.4 Å². The second-order valence-electron chi connectivity index (χ2n) is 5.76. The number of amides is 4. The summed E-state index contributed by atoms with van der Waals surface area (Å²) in [5, 5.41) is 2.19. The SMILES string of the molecule is COc1cccc(N2C(=O)NC(=O)[C@@H](C=Nc3ccc(C)cc3)C2=O)c1. The molecule has 2 aromatic rings. The highest BCUT2D eigenvalue weighted by Crippen LogP contribution is 2.24. The van der Waals surface area contributed by atoms with Gasteiger partial charge in [0, 0.05) is 12.3 Å². The average Bonchev–Trinajstić information content (AvgIpc) is 2.63. The number of benzene rings is 2. The first-order chi connectivity index (χ1) is 12.5. The molecule has 1 aliphatic heterocycles. The minimum atomic E-state index is -1.19. The Morgan fingerprint density at radius 2 is 1.85 bits per heavy atom. The largest absolute Gasteiger partial charge is 0.497 e. The Morgan fingerprint density at radius 3 is 2.54 bits per heavy atom. The second kappa shape index (κ2) is 7.18. The first kappa shape index (κ1) is 17.3. The zero-order chi connectivity index (χ0) is 18.7. The lowest BCUT2D eigenvalue weighted by atomic mass is 10.1. The van der Waals surface area contributed by atoms with E-state index in [-0.39, 0.29) is 0 Å². The van der Waals surface area contributed by atoms with Crippen LogP contribution in [0.1, 0.15) is 5.56 Å². The maximum atomic E-state index is 12.7. The molecule has 0 radical (unpaired) electrons. The molecule has 132 valence electrons. The highest BCUT2D eigenvalue weighted by Gasteiger charge is 2.40. The highest BCUT2D eigenvalue weighted by molar-refractivity contribution is 6.32. The first-order valence-corrected chi connectivity index (χ1v) is 7.93. The van der Waals surface area contributed by atoms with Crippen LogP contribution in [0.15, 0.2) is 53.5 Å². The van der Waals surface area contributed by atoms with Crippen LogP contribution in [0.3, 0.4) is 0 Å². The van der Waals surface area contributed by atoms with Crippen molar-refractivity contribution >= 4 is 35.4 Å². The molecule has 7 nitrogen and oxygen atoms in total. The smallest absolute Gasteiger partial charge is 0.335 e. The molecule has 1 saturated heterocycles. The van der Waals surface area contributed by atoms with E-state index in [2.05, 4.69) is 10.3 Å². The Bertz CT molecular complexity index is 890. The number of carbonyl (C=O) groups is 3. The number of aliphatic imine (C=N–C) groups is 1. The summed E-state index contributed by atoms with van der Waals surface area (Å²) in [5.74, 6) is -2.07. The summed E-state index contributed by atoms with van der Waals surface area (Å²) in [6.45, 7) is 1.95. The Kier molecular flexibility index (Phi) is 4.79. The third kappa shape index (κ3) is 3.46. The summed E-state index contributed by atoms with van der Waals surface area (Å²) in [6.07, 6.45) is 1.25. The van der Waals surface area contributed by atoms with Gasteiger partial charge in [0.15, 0.2) is 5.92 Å². The van der Waals surface area contributed by atoms with Crippen molar-refractivity contribution in [3.63, 3.8) is 0 Å². The molecule has 3 rings (SSSR count). The third-order valence-electron chi connectivity index (χ3n) is 3.92. The minimum Gasteiger partial charge on any atom is -0.497 e. The monoisotopic (exact) mass is 351 g/mol. The molecule has 1 heterocycles. The number of hydrogen-bond donors (Lipinski definition) is 1. The van der Waals surface area contributed by atoms with E-state index < -0.39 is 23.8 Å². The van der Waals surface area contributed by atoms with Crippen LogP contribution in [-0.2, 0) is 9.59 Å². The van der Waals surface area contributed by atoms with E-state index in [1.807, 2.05) is 19.1 Å². The summed E-state index contributed by atoms with van der Waals surface area (Å²) < 4.78 is 5.12. The quantitative estimate of drug-likeness (QED) is 0.677. The molecule has 1 fully saturated rings. The van der Waals surface area contributed by atoms with Gasteiger partial charge in [-0.3, -0.25) is 19.9 Å². The van der Waals surface area contributed by atoms with Crippen LogP contribution in [0.25, 0.3) is 0 Å². The van der Waals surface area contributed by atoms with Crippen molar-refractivity contribution in [3.8, 4) is 5.75 Å². The van der Waals surface area contributed by atoms with Crippen LogP contribution in [0, 0.1) is 12.8 Å². The summed E-state index contributed by atoms with van der Waals surface area (Å²) >= 11 is 0. The summed E-state index contributed by atoms with van der Waals surface area (Å²) in [5.41, 5.74) is 2.00. The molecule has 0 aromatic heterocycles. The number of rotatable bonds is 4. The minimum absolute atomic E-state index is 0.313. The van der Waals surface area contributed by atoms with Crippen LogP contribution in [0.4, 0.5) is 16.2 Å². The lowest BCUT2D eigenvalue weighted by molar-refractivity contribution is -0.131. The zero-order valence-electron chi connectivity index (χ0n) is 14.3. The molecule has 1 N–H and O–H groups in total. The van der Waals surface area contributed by atoms with E-state index in [9.17, 15) is 14.4 Å². The molecule has 0 saturated carbocycles. The molecule has 1 atom stereocenters. The van der Waals surface area contributed by atoms with Crippen LogP contribution in [-0.4, -0.2) is 31.2 Å². The van der Waals surface area contributed by atoms with Crippen LogP contribution >= 0.6 is 0 Å². The van der Waals surface area contributed by atoms with Crippen molar-refractivity contribution in [3.05, 3.63) is 54.1 Å². The van der Waals surface area contributed by atoms with Gasteiger partial charge < -0.3 is 4.74 Å². The van der Waals surface area contributed by atoms with Gasteiger partial charge in [-0.25, -0.2) is 9.69 Å². The van der Waals surface area contributed by atoms with Crippen LogP contribution in [0.2, 0.25) is 0 Å². The van der Waals surface area contributed by atoms with Gasteiger partial charge in [-0.15, -0.1) is 0 Å². The first-order valence-electron chi connectivity index (χ1n) is 7.93. The molecule has 0 bridgehead atoms. The van der Waals surface area contributed by atoms with Crippen molar-refractivity contribution in [2.75, 3.05) is 12.0 Å². The van der Waals surface area contributed by atoms with Crippen molar-refractivity contribution in [1.82, 2.24) is 5.32 Å². The average molecular weight is 351 g/mol.